The minimum absolute atomic E-state index is 0.170. The van der Waals surface area contributed by atoms with Crippen molar-refractivity contribution in [2.45, 2.75) is 26.3 Å². The number of fused-ring (bicyclic) bond motifs is 1. The molecule has 0 N–H and O–H groups in total. The smallest absolute Gasteiger partial charge is 0.266 e. The molecule has 6 nitrogen and oxygen atoms in total. The van der Waals surface area contributed by atoms with Crippen LogP contribution in [-0.2, 0) is 9.59 Å². The summed E-state index contributed by atoms with van der Waals surface area (Å²) in [5, 5.41) is 11.5. The Morgan fingerprint density at radius 1 is 1.44 bits per heavy atom. The molecule has 1 aromatic carbocycles. The molecule has 2 atom stereocenters. The zero-order valence-corrected chi connectivity index (χ0v) is 15.3. The van der Waals surface area contributed by atoms with Crippen molar-refractivity contribution in [3.8, 4) is 11.5 Å². The van der Waals surface area contributed by atoms with Gasteiger partial charge in [0.1, 0.15) is 4.32 Å². The lowest BCUT2D eigenvalue weighted by Gasteiger charge is -2.32. The van der Waals surface area contributed by atoms with Crippen molar-refractivity contribution >= 4 is 46.3 Å². The summed E-state index contributed by atoms with van der Waals surface area (Å²) in [6.45, 7) is 3.80. The van der Waals surface area contributed by atoms with E-state index in [0.717, 1.165) is 22.2 Å². The first-order valence-electron chi connectivity index (χ1n) is 7.80. The molecule has 132 valence electrons. The maximum atomic E-state index is 12.7. The quantitative estimate of drug-likeness (QED) is 0.571. The highest BCUT2D eigenvalue weighted by atomic mass is 32.2. The molecule has 3 rings (SSSR count). The largest absolute Gasteiger partial charge is 0.548 e. The molecule has 2 heterocycles. The SMILES string of the molecule is CC[C@H](C)[C@@H](C(=O)[O-])N1C(=O)/C(=C/c2ccc3c(c2)OCO3)SC1=S. The molecule has 0 spiro atoms. The lowest BCUT2D eigenvalue weighted by atomic mass is 9.98. The number of carbonyl (C=O) groups excluding carboxylic acids is 2. The van der Waals surface area contributed by atoms with Gasteiger partial charge >= 0.3 is 0 Å². The van der Waals surface area contributed by atoms with Crippen LogP contribution in [0.25, 0.3) is 6.08 Å². The minimum Gasteiger partial charge on any atom is -0.548 e. The van der Waals surface area contributed by atoms with Gasteiger partial charge < -0.3 is 19.4 Å². The standard InChI is InChI=1S/C17H17NO5S2/c1-3-9(2)14(16(20)21)18-15(19)13(25-17(18)24)7-10-4-5-11-12(6-10)23-8-22-11/h4-7,9,14H,3,8H2,1-2H3,(H,20,21)/p-1/b13-7-/t9-,14-/m0/s1. The summed E-state index contributed by atoms with van der Waals surface area (Å²) in [7, 11) is 0. The van der Waals surface area contributed by atoms with Crippen molar-refractivity contribution in [1.29, 1.82) is 0 Å². The third-order valence-corrected chi connectivity index (χ3v) is 5.55. The normalized spacial score (nSPS) is 20.2. The van der Waals surface area contributed by atoms with Gasteiger partial charge in [0.25, 0.3) is 5.91 Å². The van der Waals surface area contributed by atoms with Crippen LogP contribution in [0.4, 0.5) is 0 Å². The van der Waals surface area contributed by atoms with Crippen LogP contribution in [0, 0.1) is 5.92 Å². The number of aliphatic carboxylic acids is 1. The summed E-state index contributed by atoms with van der Waals surface area (Å²) < 4.78 is 10.8. The van der Waals surface area contributed by atoms with Crippen molar-refractivity contribution in [1.82, 2.24) is 4.90 Å². The minimum atomic E-state index is -1.30. The number of hydrogen-bond acceptors (Lipinski definition) is 7. The number of ether oxygens (including phenoxy) is 2. The number of carboxylic acids is 1. The van der Waals surface area contributed by atoms with Gasteiger partial charge in [0.15, 0.2) is 11.5 Å². The molecule has 0 aliphatic carbocycles. The number of thioether (sulfide) groups is 1. The monoisotopic (exact) mass is 378 g/mol. The van der Waals surface area contributed by atoms with Gasteiger partial charge in [-0.15, -0.1) is 0 Å². The summed E-state index contributed by atoms with van der Waals surface area (Å²) >= 11 is 6.33. The fourth-order valence-corrected chi connectivity index (χ4v) is 4.02. The molecule has 25 heavy (non-hydrogen) atoms. The van der Waals surface area contributed by atoms with E-state index in [0.29, 0.717) is 22.8 Å². The predicted octanol–water partition coefficient (Wildman–Crippen LogP) is 1.78. The molecular weight excluding hydrogens is 362 g/mol. The molecule has 8 heteroatoms. The van der Waals surface area contributed by atoms with Crippen LogP contribution in [0.15, 0.2) is 23.1 Å². The number of thiocarbonyl (C=S) groups is 1. The van der Waals surface area contributed by atoms with Crippen LogP contribution < -0.4 is 14.6 Å². The number of carbonyl (C=O) groups is 2. The highest BCUT2D eigenvalue weighted by molar-refractivity contribution is 8.26. The average molecular weight is 378 g/mol. The Hall–Kier alpha value is -2.06. The van der Waals surface area contributed by atoms with E-state index in [1.165, 1.54) is 0 Å². The Morgan fingerprint density at radius 2 is 2.16 bits per heavy atom. The topological polar surface area (TPSA) is 78.9 Å². The van der Waals surface area contributed by atoms with Crippen molar-refractivity contribution in [2.75, 3.05) is 6.79 Å². The van der Waals surface area contributed by atoms with Crippen molar-refractivity contribution < 1.29 is 24.2 Å². The molecule has 0 bridgehead atoms. The zero-order valence-electron chi connectivity index (χ0n) is 13.7. The maximum Gasteiger partial charge on any atom is 0.266 e. The second-order valence-corrected chi connectivity index (χ2v) is 7.49. The molecule has 0 radical (unpaired) electrons. The van der Waals surface area contributed by atoms with Gasteiger partial charge in [-0.3, -0.25) is 9.69 Å². The zero-order chi connectivity index (χ0) is 18.1. The Kier molecular flexibility index (Phi) is 5.01. The van der Waals surface area contributed by atoms with E-state index >= 15 is 0 Å². The lowest BCUT2D eigenvalue weighted by Crippen LogP contribution is -2.53. The van der Waals surface area contributed by atoms with Crippen molar-refractivity contribution in [2.24, 2.45) is 5.92 Å². The van der Waals surface area contributed by atoms with Crippen LogP contribution in [0.1, 0.15) is 25.8 Å². The second-order valence-electron chi connectivity index (χ2n) is 5.81. The summed E-state index contributed by atoms with van der Waals surface area (Å²) in [4.78, 5) is 25.8. The van der Waals surface area contributed by atoms with E-state index < -0.39 is 17.9 Å². The summed E-state index contributed by atoms with van der Waals surface area (Å²) in [6, 6.07) is 4.25. The number of rotatable bonds is 5. The molecule has 1 fully saturated rings. The summed E-state index contributed by atoms with van der Waals surface area (Å²) in [6.07, 6.45) is 2.27. The van der Waals surface area contributed by atoms with Gasteiger partial charge in [-0.25, -0.2) is 0 Å². The first kappa shape index (κ1) is 17.8. The molecule has 0 saturated carbocycles. The molecule has 2 aliphatic rings. The van der Waals surface area contributed by atoms with Gasteiger partial charge in [-0.05, 0) is 29.7 Å². The molecule has 1 amide bonds. The van der Waals surface area contributed by atoms with Crippen LogP contribution >= 0.6 is 24.0 Å². The van der Waals surface area contributed by atoms with E-state index in [4.69, 9.17) is 21.7 Å². The number of nitrogens with zero attached hydrogens (tertiary/aromatic N) is 1. The van der Waals surface area contributed by atoms with E-state index in [-0.39, 0.29) is 17.0 Å². The fourth-order valence-electron chi connectivity index (χ4n) is 2.69. The maximum absolute atomic E-state index is 12.7. The van der Waals surface area contributed by atoms with Gasteiger partial charge in [0.05, 0.1) is 16.9 Å². The fraction of sp³-hybridized carbons (Fsp3) is 0.353. The Labute approximate surface area is 154 Å². The van der Waals surface area contributed by atoms with Gasteiger partial charge in [-0.2, -0.15) is 0 Å². The van der Waals surface area contributed by atoms with Gasteiger partial charge in [0, 0.05) is 0 Å². The van der Waals surface area contributed by atoms with Gasteiger partial charge in [-0.1, -0.05) is 50.3 Å². The number of benzene rings is 1. The van der Waals surface area contributed by atoms with E-state index in [9.17, 15) is 14.7 Å². The summed E-state index contributed by atoms with van der Waals surface area (Å²) in [5.41, 5.74) is 0.748. The Morgan fingerprint density at radius 3 is 2.84 bits per heavy atom. The third kappa shape index (κ3) is 3.36. The first-order chi connectivity index (χ1) is 11.9. The molecule has 2 aliphatic heterocycles. The highest BCUT2D eigenvalue weighted by Crippen LogP contribution is 2.38. The second kappa shape index (κ2) is 7.05. The number of hydrogen-bond donors (Lipinski definition) is 0. The van der Waals surface area contributed by atoms with Crippen molar-refractivity contribution in [3.05, 3.63) is 28.7 Å². The lowest BCUT2D eigenvalue weighted by molar-refractivity contribution is -0.311. The Bertz CT molecular complexity index is 776. The van der Waals surface area contributed by atoms with Crippen molar-refractivity contribution in [3.63, 3.8) is 0 Å². The number of amides is 1. The molecule has 0 aromatic heterocycles. The third-order valence-electron chi connectivity index (χ3n) is 4.22. The van der Waals surface area contributed by atoms with Crippen LogP contribution in [0.5, 0.6) is 11.5 Å². The molecule has 1 saturated heterocycles. The summed E-state index contributed by atoms with van der Waals surface area (Å²) in [5.74, 6) is -0.718. The molecular formula is C17H16NO5S2-. The highest BCUT2D eigenvalue weighted by Gasteiger charge is 2.39. The van der Waals surface area contributed by atoms with E-state index in [1.807, 2.05) is 6.92 Å². The Balaban J connectivity index is 1.89. The molecule has 0 unspecified atom stereocenters. The van der Waals surface area contributed by atoms with E-state index in [1.54, 1.807) is 31.2 Å². The van der Waals surface area contributed by atoms with Crippen LogP contribution in [-0.4, -0.2) is 33.9 Å². The number of carboxylic acid groups (broad SMARTS) is 1. The van der Waals surface area contributed by atoms with Crippen LogP contribution in [0.2, 0.25) is 0 Å². The first-order valence-corrected chi connectivity index (χ1v) is 9.02. The molecule has 1 aromatic rings. The average Bonchev–Trinajstić information content (AvgIpc) is 3.14. The van der Waals surface area contributed by atoms with Gasteiger partial charge in [0.2, 0.25) is 6.79 Å². The van der Waals surface area contributed by atoms with Crippen LogP contribution in [0.3, 0.4) is 0 Å². The van der Waals surface area contributed by atoms with E-state index in [2.05, 4.69) is 0 Å². The predicted molar refractivity (Wildman–Crippen MR) is 95.8 cm³/mol.